The van der Waals surface area contributed by atoms with Gasteiger partial charge in [0.15, 0.2) is 0 Å². The van der Waals surface area contributed by atoms with E-state index in [0.29, 0.717) is 19.7 Å². The normalized spacial score (nSPS) is 17.9. The van der Waals surface area contributed by atoms with Crippen molar-refractivity contribution in [1.29, 1.82) is 0 Å². The summed E-state index contributed by atoms with van der Waals surface area (Å²) in [6.45, 7) is 2.52. The lowest BCUT2D eigenvalue weighted by molar-refractivity contribution is -0.143. The first-order valence-corrected chi connectivity index (χ1v) is 9.09. The van der Waals surface area contributed by atoms with E-state index in [1.807, 2.05) is 24.3 Å². The van der Waals surface area contributed by atoms with Crippen molar-refractivity contribution >= 4 is 12.2 Å². The molecule has 2 aromatic rings. The van der Waals surface area contributed by atoms with Gasteiger partial charge in [-0.2, -0.15) is 0 Å². The Labute approximate surface area is 158 Å². The Kier molecular flexibility index (Phi) is 6.54. The molecular weight excluding hydrogens is 347 g/mol. The van der Waals surface area contributed by atoms with Crippen LogP contribution in [0.5, 0.6) is 0 Å². The highest BCUT2D eigenvalue weighted by atomic mass is 19.1. The summed E-state index contributed by atoms with van der Waals surface area (Å²) in [7, 11) is 0. The average Bonchev–Trinajstić information content (AvgIpc) is 2.69. The molecular formula is C21H23FN2O3. The monoisotopic (exact) mass is 370 g/mol. The van der Waals surface area contributed by atoms with Gasteiger partial charge in [0.05, 0.1) is 12.1 Å². The molecule has 0 aliphatic carbocycles. The van der Waals surface area contributed by atoms with Gasteiger partial charge in [0.25, 0.3) is 0 Å². The number of hydrogen-bond donors (Lipinski definition) is 1. The lowest BCUT2D eigenvalue weighted by atomic mass is 9.98. The summed E-state index contributed by atoms with van der Waals surface area (Å²) in [4.78, 5) is 18.6. The number of carboxylic acids is 1. The predicted molar refractivity (Wildman–Crippen MR) is 102 cm³/mol. The van der Waals surface area contributed by atoms with Crippen LogP contribution in [0, 0.1) is 11.7 Å². The highest BCUT2D eigenvalue weighted by Crippen LogP contribution is 2.23. The quantitative estimate of drug-likeness (QED) is 0.459. The first kappa shape index (κ1) is 19.0. The molecule has 142 valence electrons. The molecule has 1 unspecified atom stereocenters. The van der Waals surface area contributed by atoms with Gasteiger partial charge in [-0.1, -0.05) is 41.6 Å². The van der Waals surface area contributed by atoms with Crippen molar-refractivity contribution < 1.29 is 19.1 Å². The van der Waals surface area contributed by atoms with Gasteiger partial charge in [-0.05, 0) is 42.6 Å². The van der Waals surface area contributed by atoms with Gasteiger partial charge in [-0.3, -0.25) is 9.69 Å². The number of carboxylic acid groups (broad SMARTS) is 1. The average molecular weight is 370 g/mol. The van der Waals surface area contributed by atoms with Crippen LogP contribution in [0.3, 0.4) is 0 Å². The topological polar surface area (TPSA) is 62.1 Å². The number of hydrogen-bond acceptors (Lipinski definition) is 4. The molecule has 2 aromatic carbocycles. The van der Waals surface area contributed by atoms with E-state index in [4.69, 9.17) is 9.94 Å². The second kappa shape index (κ2) is 9.28. The minimum atomic E-state index is -0.726. The van der Waals surface area contributed by atoms with E-state index >= 15 is 0 Å². The Morgan fingerprint density at radius 3 is 2.81 bits per heavy atom. The van der Waals surface area contributed by atoms with Gasteiger partial charge < -0.3 is 9.94 Å². The summed E-state index contributed by atoms with van der Waals surface area (Å²) >= 11 is 0. The van der Waals surface area contributed by atoms with Crippen molar-refractivity contribution in [2.75, 3.05) is 26.2 Å². The number of carbonyl (C=O) groups is 1. The van der Waals surface area contributed by atoms with E-state index in [9.17, 15) is 9.18 Å². The van der Waals surface area contributed by atoms with Gasteiger partial charge >= 0.3 is 5.97 Å². The molecule has 0 amide bonds. The maximum Gasteiger partial charge on any atom is 0.307 e. The summed E-state index contributed by atoms with van der Waals surface area (Å²) < 4.78 is 13.1. The molecule has 27 heavy (non-hydrogen) atoms. The Morgan fingerprint density at radius 2 is 2.04 bits per heavy atom. The van der Waals surface area contributed by atoms with E-state index in [-0.39, 0.29) is 11.7 Å². The lowest BCUT2D eigenvalue weighted by Crippen LogP contribution is -2.40. The zero-order chi connectivity index (χ0) is 19.1. The number of nitrogens with zero attached hydrogens (tertiary/aromatic N) is 2. The van der Waals surface area contributed by atoms with Crippen LogP contribution in [0.25, 0.3) is 11.1 Å². The molecule has 3 rings (SSSR count). The third-order valence-corrected chi connectivity index (χ3v) is 4.74. The van der Waals surface area contributed by atoms with Crippen LogP contribution in [-0.4, -0.2) is 48.4 Å². The third kappa shape index (κ3) is 5.37. The molecule has 5 nitrogen and oxygen atoms in total. The summed E-state index contributed by atoms with van der Waals surface area (Å²) in [6.07, 6.45) is 3.28. The largest absolute Gasteiger partial charge is 0.481 e. The minimum Gasteiger partial charge on any atom is -0.481 e. The Morgan fingerprint density at radius 1 is 1.26 bits per heavy atom. The molecule has 0 aromatic heterocycles. The molecule has 0 bridgehead atoms. The molecule has 1 heterocycles. The highest BCUT2D eigenvalue weighted by Gasteiger charge is 2.24. The second-order valence-corrected chi connectivity index (χ2v) is 6.64. The van der Waals surface area contributed by atoms with E-state index in [1.165, 1.54) is 12.1 Å². The Balaban J connectivity index is 1.53. The number of oxime groups is 1. The molecule has 0 spiro atoms. The van der Waals surface area contributed by atoms with Crippen molar-refractivity contribution in [3.8, 4) is 11.1 Å². The zero-order valence-electron chi connectivity index (χ0n) is 15.1. The Bertz CT molecular complexity index is 792. The van der Waals surface area contributed by atoms with Crippen LogP contribution in [0.4, 0.5) is 4.39 Å². The molecule has 0 saturated carbocycles. The van der Waals surface area contributed by atoms with Crippen LogP contribution in [0.2, 0.25) is 0 Å². The first-order valence-electron chi connectivity index (χ1n) is 9.09. The smallest absolute Gasteiger partial charge is 0.307 e. The van der Waals surface area contributed by atoms with E-state index in [1.54, 1.807) is 18.3 Å². The van der Waals surface area contributed by atoms with Gasteiger partial charge in [0.1, 0.15) is 12.4 Å². The summed E-state index contributed by atoms with van der Waals surface area (Å²) in [5.41, 5.74) is 2.74. The number of aliphatic carboxylic acids is 1. The molecule has 0 radical (unpaired) electrons. The van der Waals surface area contributed by atoms with Crippen molar-refractivity contribution in [3.05, 3.63) is 59.9 Å². The van der Waals surface area contributed by atoms with Gasteiger partial charge in [-0.25, -0.2) is 4.39 Å². The van der Waals surface area contributed by atoms with Crippen molar-refractivity contribution in [2.24, 2.45) is 11.1 Å². The van der Waals surface area contributed by atoms with Crippen molar-refractivity contribution in [2.45, 2.75) is 12.8 Å². The van der Waals surface area contributed by atoms with Gasteiger partial charge in [-0.15, -0.1) is 0 Å². The van der Waals surface area contributed by atoms with Crippen molar-refractivity contribution in [3.63, 3.8) is 0 Å². The van der Waals surface area contributed by atoms with Gasteiger partial charge in [0, 0.05) is 18.7 Å². The van der Waals surface area contributed by atoms with Crippen molar-refractivity contribution in [1.82, 2.24) is 4.90 Å². The number of halogens is 1. The fourth-order valence-corrected chi connectivity index (χ4v) is 3.28. The fourth-order valence-electron chi connectivity index (χ4n) is 3.28. The summed E-state index contributed by atoms with van der Waals surface area (Å²) in [5, 5.41) is 13.2. The molecule has 1 saturated heterocycles. The highest BCUT2D eigenvalue weighted by molar-refractivity contribution is 5.90. The zero-order valence-corrected chi connectivity index (χ0v) is 15.1. The van der Waals surface area contributed by atoms with E-state index in [0.717, 1.165) is 36.1 Å². The van der Waals surface area contributed by atoms with Crippen LogP contribution < -0.4 is 0 Å². The minimum absolute atomic E-state index is 0.268. The van der Waals surface area contributed by atoms with Crippen LogP contribution in [-0.2, 0) is 9.63 Å². The first-order chi connectivity index (χ1) is 13.1. The molecule has 1 atom stereocenters. The van der Waals surface area contributed by atoms with Crippen LogP contribution in [0.15, 0.2) is 53.7 Å². The lowest BCUT2D eigenvalue weighted by Gasteiger charge is -2.29. The second-order valence-electron chi connectivity index (χ2n) is 6.64. The molecule has 1 N–H and O–H groups in total. The SMILES string of the molecule is O=C(O)C1CCCN(CCON=Cc2ccccc2-c2ccc(F)cc2)C1. The van der Waals surface area contributed by atoms with Crippen LogP contribution >= 0.6 is 0 Å². The standard InChI is InChI=1S/C21H23FN2O3/c22-19-9-7-16(8-10-19)20-6-2-1-4-17(20)14-23-27-13-12-24-11-3-5-18(15-24)21(25)26/h1-2,4,6-10,14,18H,3,5,11-13,15H2,(H,25,26). The predicted octanol–water partition coefficient (Wildman–Crippen LogP) is 3.64. The third-order valence-electron chi connectivity index (χ3n) is 4.74. The van der Waals surface area contributed by atoms with Crippen LogP contribution in [0.1, 0.15) is 18.4 Å². The Hall–Kier alpha value is -2.73. The molecule has 6 heteroatoms. The maximum absolute atomic E-state index is 13.1. The summed E-state index contributed by atoms with van der Waals surface area (Å²) in [6, 6.07) is 14.0. The van der Waals surface area contributed by atoms with E-state index in [2.05, 4.69) is 10.1 Å². The summed E-state index contributed by atoms with van der Waals surface area (Å²) in [5.74, 6) is -1.28. The van der Waals surface area contributed by atoms with E-state index < -0.39 is 5.97 Å². The molecule has 1 aliphatic heterocycles. The fraction of sp³-hybridized carbons (Fsp3) is 0.333. The number of piperidine rings is 1. The maximum atomic E-state index is 13.1. The number of likely N-dealkylation sites (tertiary alicyclic amines) is 1. The molecule has 1 aliphatic rings. The van der Waals surface area contributed by atoms with Gasteiger partial charge in [0.2, 0.25) is 0 Å². The number of rotatable bonds is 7. The molecule has 1 fully saturated rings. The number of benzene rings is 2.